The third kappa shape index (κ3) is 3.68. The fourth-order valence-electron chi connectivity index (χ4n) is 2.64. The standard InChI is InChI=1S/C13H24N2O2/c1-13(2)6-5-11(17-13)9-14-10-12(16)15-7-3-4-8-15/h11,14H,3-10H2,1-2H3. The number of carbonyl (C=O) groups is 1. The van der Waals surface area contributed by atoms with E-state index in [-0.39, 0.29) is 17.6 Å². The quantitative estimate of drug-likeness (QED) is 0.801. The second-order valence-electron chi connectivity index (χ2n) is 5.76. The summed E-state index contributed by atoms with van der Waals surface area (Å²) in [6, 6.07) is 0. The van der Waals surface area contributed by atoms with Gasteiger partial charge in [0.2, 0.25) is 5.91 Å². The van der Waals surface area contributed by atoms with Gasteiger partial charge in [0.05, 0.1) is 18.2 Å². The Morgan fingerprint density at radius 1 is 1.41 bits per heavy atom. The van der Waals surface area contributed by atoms with Crippen LogP contribution in [-0.4, -0.2) is 48.7 Å². The van der Waals surface area contributed by atoms with Gasteiger partial charge in [-0.3, -0.25) is 4.79 Å². The third-order valence-electron chi connectivity index (χ3n) is 3.66. The highest BCUT2D eigenvalue weighted by molar-refractivity contribution is 5.78. The molecule has 0 radical (unpaired) electrons. The Morgan fingerprint density at radius 3 is 2.71 bits per heavy atom. The van der Waals surface area contributed by atoms with Crippen molar-refractivity contribution in [3.8, 4) is 0 Å². The molecule has 2 aliphatic heterocycles. The molecule has 0 spiro atoms. The molecule has 0 aromatic heterocycles. The van der Waals surface area contributed by atoms with Crippen LogP contribution in [0.3, 0.4) is 0 Å². The Morgan fingerprint density at radius 2 is 2.12 bits per heavy atom. The average Bonchev–Trinajstić information content (AvgIpc) is 2.87. The number of hydrogen-bond acceptors (Lipinski definition) is 3. The van der Waals surface area contributed by atoms with Gasteiger partial charge in [-0.1, -0.05) is 0 Å². The van der Waals surface area contributed by atoms with Crippen molar-refractivity contribution >= 4 is 5.91 Å². The number of rotatable bonds is 4. The first-order valence-corrected chi connectivity index (χ1v) is 6.73. The molecule has 2 aliphatic rings. The van der Waals surface area contributed by atoms with Crippen LogP contribution in [0.25, 0.3) is 0 Å². The summed E-state index contributed by atoms with van der Waals surface area (Å²) in [6.07, 6.45) is 4.80. The average molecular weight is 240 g/mol. The summed E-state index contributed by atoms with van der Waals surface area (Å²) >= 11 is 0. The molecule has 17 heavy (non-hydrogen) atoms. The van der Waals surface area contributed by atoms with Crippen LogP contribution < -0.4 is 5.32 Å². The van der Waals surface area contributed by atoms with Crippen LogP contribution in [0.2, 0.25) is 0 Å². The maximum absolute atomic E-state index is 11.8. The molecule has 1 N–H and O–H groups in total. The molecule has 4 nitrogen and oxygen atoms in total. The van der Waals surface area contributed by atoms with E-state index in [0.717, 1.165) is 45.3 Å². The molecule has 2 heterocycles. The molecule has 1 unspecified atom stereocenters. The van der Waals surface area contributed by atoms with E-state index in [1.54, 1.807) is 0 Å². The predicted octanol–water partition coefficient (Wildman–Crippen LogP) is 1.16. The lowest BCUT2D eigenvalue weighted by Crippen LogP contribution is -2.39. The highest BCUT2D eigenvalue weighted by Crippen LogP contribution is 2.28. The first-order valence-electron chi connectivity index (χ1n) is 6.73. The Labute approximate surface area is 104 Å². The molecule has 1 amide bonds. The van der Waals surface area contributed by atoms with Crippen molar-refractivity contribution in [2.45, 2.75) is 51.2 Å². The van der Waals surface area contributed by atoms with Crippen molar-refractivity contribution in [3.63, 3.8) is 0 Å². The molecule has 0 saturated carbocycles. The number of likely N-dealkylation sites (tertiary alicyclic amines) is 1. The van der Waals surface area contributed by atoms with E-state index < -0.39 is 0 Å². The number of carbonyl (C=O) groups excluding carboxylic acids is 1. The maximum atomic E-state index is 11.8. The molecule has 2 rings (SSSR count). The summed E-state index contributed by atoms with van der Waals surface area (Å²) in [4.78, 5) is 13.7. The monoisotopic (exact) mass is 240 g/mol. The van der Waals surface area contributed by atoms with E-state index in [9.17, 15) is 4.79 Å². The number of hydrogen-bond donors (Lipinski definition) is 1. The highest BCUT2D eigenvalue weighted by atomic mass is 16.5. The topological polar surface area (TPSA) is 41.6 Å². The number of nitrogens with zero attached hydrogens (tertiary/aromatic N) is 1. The van der Waals surface area contributed by atoms with Crippen molar-refractivity contribution in [3.05, 3.63) is 0 Å². The van der Waals surface area contributed by atoms with Crippen LogP contribution in [0.5, 0.6) is 0 Å². The second-order valence-corrected chi connectivity index (χ2v) is 5.76. The molecular weight excluding hydrogens is 216 g/mol. The third-order valence-corrected chi connectivity index (χ3v) is 3.66. The van der Waals surface area contributed by atoms with Crippen molar-refractivity contribution < 1.29 is 9.53 Å². The van der Waals surface area contributed by atoms with E-state index in [2.05, 4.69) is 19.2 Å². The fourth-order valence-corrected chi connectivity index (χ4v) is 2.64. The van der Waals surface area contributed by atoms with Gasteiger partial charge in [0.25, 0.3) is 0 Å². The SMILES string of the molecule is CC1(C)CCC(CNCC(=O)N2CCCC2)O1. The lowest BCUT2D eigenvalue weighted by atomic mass is 10.1. The summed E-state index contributed by atoms with van der Waals surface area (Å²) in [7, 11) is 0. The molecular formula is C13H24N2O2. The molecule has 2 fully saturated rings. The van der Waals surface area contributed by atoms with Crippen LogP contribution in [0, 0.1) is 0 Å². The van der Waals surface area contributed by atoms with Gasteiger partial charge in [-0.2, -0.15) is 0 Å². The minimum Gasteiger partial charge on any atom is -0.371 e. The van der Waals surface area contributed by atoms with Crippen LogP contribution in [0.4, 0.5) is 0 Å². The molecule has 2 saturated heterocycles. The van der Waals surface area contributed by atoms with E-state index >= 15 is 0 Å². The number of amides is 1. The first kappa shape index (κ1) is 12.8. The van der Waals surface area contributed by atoms with Crippen LogP contribution in [0.1, 0.15) is 39.5 Å². The minimum atomic E-state index is 0.0192. The van der Waals surface area contributed by atoms with Gasteiger partial charge in [0.1, 0.15) is 0 Å². The van der Waals surface area contributed by atoms with Gasteiger partial charge in [0.15, 0.2) is 0 Å². The number of nitrogens with one attached hydrogen (secondary N) is 1. The summed E-state index contributed by atoms with van der Waals surface area (Å²) in [5.74, 6) is 0.236. The normalized spacial score (nSPS) is 27.6. The van der Waals surface area contributed by atoms with E-state index in [0.29, 0.717) is 6.54 Å². The summed E-state index contributed by atoms with van der Waals surface area (Å²) < 4.78 is 5.87. The molecule has 0 aromatic carbocycles. The zero-order chi connectivity index (χ0) is 12.3. The Hall–Kier alpha value is -0.610. The summed E-state index contributed by atoms with van der Waals surface area (Å²) in [5, 5.41) is 3.23. The van der Waals surface area contributed by atoms with Gasteiger partial charge >= 0.3 is 0 Å². The summed E-state index contributed by atoms with van der Waals surface area (Å²) in [6.45, 7) is 7.38. The van der Waals surface area contributed by atoms with Gasteiger partial charge in [0, 0.05) is 19.6 Å². The molecule has 0 bridgehead atoms. The van der Waals surface area contributed by atoms with Crippen molar-refractivity contribution in [1.82, 2.24) is 10.2 Å². The minimum absolute atomic E-state index is 0.0192. The largest absolute Gasteiger partial charge is 0.371 e. The Kier molecular flexibility index (Phi) is 4.05. The van der Waals surface area contributed by atoms with Gasteiger partial charge in [-0.25, -0.2) is 0 Å². The first-order chi connectivity index (χ1) is 8.07. The van der Waals surface area contributed by atoms with Gasteiger partial charge in [-0.05, 0) is 39.5 Å². The smallest absolute Gasteiger partial charge is 0.236 e. The molecule has 4 heteroatoms. The Balaban J connectivity index is 1.61. The second kappa shape index (κ2) is 5.36. The summed E-state index contributed by atoms with van der Waals surface area (Å²) in [5.41, 5.74) is 0.0192. The van der Waals surface area contributed by atoms with Gasteiger partial charge in [-0.15, -0.1) is 0 Å². The van der Waals surface area contributed by atoms with E-state index in [1.807, 2.05) is 4.90 Å². The molecule has 1 atom stereocenters. The molecule has 98 valence electrons. The highest BCUT2D eigenvalue weighted by Gasteiger charge is 2.31. The van der Waals surface area contributed by atoms with Crippen LogP contribution in [-0.2, 0) is 9.53 Å². The zero-order valence-corrected chi connectivity index (χ0v) is 11.0. The van der Waals surface area contributed by atoms with Crippen LogP contribution in [0.15, 0.2) is 0 Å². The van der Waals surface area contributed by atoms with Crippen molar-refractivity contribution in [2.24, 2.45) is 0 Å². The van der Waals surface area contributed by atoms with Crippen LogP contribution >= 0.6 is 0 Å². The lowest BCUT2D eigenvalue weighted by molar-refractivity contribution is -0.129. The zero-order valence-electron chi connectivity index (χ0n) is 11.0. The molecule has 0 aromatic rings. The molecule has 0 aliphatic carbocycles. The maximum Gasteiger partial charge on any atom is 0.236 e. The Bertz CT molecular complexity index is 273. The number of ether oxygens (including phenoxy) is 1. The van der Waals surface area contributed by atoms with Crippen molar-refractivity contribution in [1.29, 1.82) is 0 Å². The fraction of sp³-hybridized carbons (Fsp3) is 0.923. The van der Waals surface area contributed by atoms with E-state index in [4.69, 9.17) is 4.74 Å². The van der Waals surface area contributed by atoms with Crippen molar-refractivity contribution in [2.75, 3.05) is 26.2 Å². The van der Waals surface area contributed by atoms with E-state index in [1.165, 1.54) is 0 Å². The van der Waals surface area contributed by atoms with Gasteiger partial charge < -0.3 is 15.0 Å². The predicted molar refractivity (Wildman–Crippen MR) is 66.9 cm³/mol. The lowest BCUT2D eigenvalue weighted by Gasteiger charge is -2.20.